The van der Waals surface area contributed by atoms with Gasteiger partial charge in [-0.1, -0.05) is 13.8 Å². The lowest BCUT2D eigenvalue weighted by molar-refractivity contribution is 0.0258. The molecule has 130 valence electrons. The molecule has 0 fully saturated rings. The van der Waals surface area contributed by atoms with Gasteiger partial charge in [-0.25, -0.2) is 4.98 Å². The topological polar surface area (TPSA) is 67.8 Å². The summed E-state index contributed by atoms with van der Waals surface area (Å²) in [5.41, 5.74) is 1.09. The number of nitrogens with one attached hydrogen (secondary N) is 2. The van der Waals surface area contributed by atoms with Crippen LogP contribution in [0.2, 0.25) is 0 Å². The standard InChI is InChI=1S/C17H30N4O2/c1-6-23-15(13(2)3)8-10-20-17(18-4)21-12-14-7-9-19-16(11-14)22-5/h7,9,11,13,15H,6,8,10,12H2,1-5H3,(H2,18,20,21). The van der Waals surface area contributed by atoms with E-state index in [4.69, 9.17) is 9.47 Å². The summed E-state index contributed by atoms with van der Waals surface area (Å²) in [5.74, 6) is 1.90. The van der Waals surface area contributed by atoms with Gasteiger partial charge in [-0.05, 0) is 30.9 Å². The van der Waals surface area contributed by atoms with Crippen LogP contribution in [0.15, 0.2) is 23.3 Å². The van der Waals surface area contributed by atoms with Gasteiger partial charge in [0.05, 0.1) is 13.2 Å². The van der Waals surface area contributed by atoms with Crippen molar-refractivity contribution in [2.75, 3.05) is 27.3 Å². The summed E-state index contributed by atoms with van der Waals surface area (Å²) < 4.78 is 10.9. The average molecular weight is 322 g/mol. The van der Waals surface area contributed by atoms with Crippen molar-refractivity contribution in [2.45, 2.75) is 39.8 Å². The smallest absolute Gasteiger partial charge is 0.213 e. The third-order valence-electron chi connectivity index (χ3n) is 3.54. The van der Waals surface area contributed by atoms with Crippen LogP contribution in [0.25, 0.3) is 0 Å². The highest BCUT2D eigenvalue weighted by atomic mass is 16.5. The van der Waals surface area contributed by atoms with Crippen LogP contribution in [0.3, 0.4) is 0 Å². The maximum atomic E-state index is 5.75. The molecule has 1 unspecified atom stereocenters. The third-order valence-corrected chi connectivity index (χ3v) is 3.54. The summed E-state index contributed by atoms with van der Waals surface area (Å²) in [6.07, 6.45) is 2.96. The highest BCUT2D eigenvalue weighted by Gasteiger charge is 2.12. The van der Waals surface area contributed by atoms with Gasteiger partial charge < -0.3 is 20.1 Å². The Balaban J connectivity index is 2.39. The van der Waals surface area contributed by atoms with E-state index in [0.29, 0.717) is 18.3 Å². The van der Waals surface area contributed by atoms with Crippen LogP contribution in [0.1, 0.15) is 32.8 Å². The van der Waals surface area contributed by atoms with Crippen molar-refractivity contribution in [3.63, 3.8) is 0 Å². The summed E-state index contributed by atoms with van der Waals surface area (Å²) >= 11 is 0. The second-order valence-electron chi connectivity index (χ2n) is 5.59. The maximum absolute atomic E-state index is 5.75. The van der Waals surface area contributed by atoms with Crippen LogP contribution in [-0.4, -0.2) is 44.4 Å². The number of aliphatic imine (C=N–C) groups is 1. The second kappa shape index (κ2) is 10.8. The monoisotopic (exact) mass is 322 g/mol. The molecule has 0 spiro atoms. The van der Waals surface area contributed by atoms with Crippen LogP contribution in [0.5, 0.6) is 5.88 Å². The first-order valence-electron chi connectivity index (χ1n) is 8.15. The molecule has 0 bridgehead atoms. The molecule has 1 rings (SSSR count). The highest BCUT2D eigenvalue weighted by molar-refractivity contribution is 5.79. The first kappa shape index (κ1) is 19.2. The van der Waals surface area contributed by atoms with E-state index in [1.807, 2.05) is 19.1 Å². The minimum atomic E-state index is 0.273. The maximum Gasteiger partial charge on any atom is 0.213 e. The van der Waals surface area contributed by atoms with Crippen LogP contribution in [-0.2, 0) is 11.3 Å². The molecule has 6 nitrogen and oxygen atoms in total. The minimum Gasteiger partial charge on any atom is -0.481 e. The Morgan fingerprint density at radius 3 is 2.74 bits per heavy atom. The Labute approximate surface area is 139 Å². The van der Waals surface area contributed by atoms with Crippen molar-refractivity contribution in [3.8, 4) is 5.88 Å². The Hall–Kier alpha value is -1.82. The fraction of sp³-hybridized carbons (Fsp3) is 0.647. The third kappa shape index (κ3) is 7.32. The van der Waals surface area contributed by atoms with Gasteiger partial charge in [-0.2, -0.15) is 0 Å². The molecular formula is C17H30N4O2. The number of rotatable bonds is 9. The van der Waals surface area contributed by atoms with Crippen LogP contribution in [0.4, 0.5) is 0 Å². The van der Waals surface area contributed by atoms with Gasteiger partial charge in [0.1, 0.15) is 0 Å². The first-order chi connectivity index (χ1) is 11.1. The Morgan fingerprint density at radius 1 is 1.35 bits per heavy atom. The largest absolute Gasteiger partial charge is 0.481 e. The first-order valence-corrected chi connectivity index (χ1v) is 8.15. The molecule has 1 atom stereocenters. The van der Waals surface area contributed by atoms with Crippen LogP contribution in [0, 0.1) is 5.92 Å². The number of pyridine rings is 1. The lowest BCUT2D eigenvalue weighted by Crippen LogP contribution is -2.38. The molecule has 0 amide bonds. The number of ether oxygens (including phenoxy) is 2. The van der Waals surface area contributed by atoms with Crippen molar-refractivity contribution >= 4 is 5.96 Å². The lowest BCUT2D eigenvalue weighted by atomic mass is 10.0. The Bertz CT molecular complexity index is 477. The normalized spacial score (nSPS) is 13.0. The van der Waals surface area contributed by atoms with E-state index in [1.165, 1.54) is 0 Å². The Morgan fingerprint density at radius 2 is 2.13 bits per heavy atom. The van der Waals surface area contributed by atoms with Crippen molar-refractivity contribution in [1.82, 2.24) is 15.6 Å². The summed E-state index contributed by atoms with van der Waals surface area (Å²) in [5, 5.41) is 6.61. The molecule has 0 aliphatic heterocycles. The molecule has 0 saturated heterocycles. The quantitative estimate of drug-likeness (QED) is 0.539. The summed E-state index contributed by atoms with van der Waals surface area (Å²) in [6, 6.07) is 3.86. The number of hydrogen-bond acceptors (Lipinski definition) is 4. The highest BCUT2D eigenvalue weighted by Crippen LogP contribution is 2.10. The van der Waals surface area contributed by atoms with Gasteiger partial charge >= 0.3 is 0 Å². The average Bonchev–Trinajstić information content (AvgIpc) is 2.56. The fourth-order valence-corrected chi connectivity index (χ4v) is 2.23. The van der Waals surface area contributed by atoms with E-state index in [0.717, 1.165) is 31.1 Å². The van der Waals surface area contributed by atoms with Gasteiger partial charge in [0.25, 0.3) is 0 Å². The van der Waals surface area contributed by atoms with Gasteiger partial charge in [-0.15, -0.1) is 0 Å². The molecule has 0 aliphatic rings. The SMILES string of the molecule is CCOC(CCNC(=NC)NCc1ccnc(OC)c1)C(C)C. The Kier molecular flexibility index (Phi) is 9.05. The lowest BCUT2D eigenvalue weighted by Gasteiger charge is -2.21. The molecule has 23 heavy (non-hydrogen) atoms. The second-order valence-corrected chi connectivity index (χ2v) is 5.59. The molecule has 1 aromatic rings. The zero-order chi connectivity index (χ0) is 17.1. The predicted molar refractivity (Wildman–Crippen MR) is 93.9 cm³/mol. The zero-order valence-electron chi connectivity index (χ0n) is 14.9. The molecule has 0 aliphatic carbocycles. The van der Waals surface area contributed by atoms with Crippen molar-refractivity contribution in [1.29, 1.82) is 0 Å². The minimum absolute atomic E-state index is 0.273. The molecule has 1 heterocycles. The zero-order valence-corrected chi connectivity index (χ0v) is 14.9. The van der Waals surface area contributed by atoms with Crippen LogP contribution < -0.4 is 15.4 Å². The van der Waals surface area contributed by atoms with E-state index in [1.54, 1.807) is 20.4 Å². The number of methoxy groups -OCH3 is 1. The number of aromatic nitrogens is 1. The van der Waals surface area contributed by atoms with Crippen molar-refractivity contribution in [3.05, 3.63) is 23.9 Å². The molecule has 0 aromatic carbocycles. The van der Waals surface area contributed by atoms with E-state index in [2.05, 4.69) is 34.5 Å². The van der Waals surface area contributed by atoms with Gasteiger partial charge in [0.15, 0.2) is 5.96 Å². The number of guanidine groups is 1. The molecule has 0 radical (unpaired) electrons. The summed E-state index contributed by atoms with van der Waals surface area (Å²) in [4.78, 5) is 8.34. The number of nitrogens with zero attached hydrogens (tertiary/aromatic N) is 2. The molecule has 6 heteroatoms. The fourth-order valence-electron chi connectivity index (χ4n) is 2.23. The van der Waals surface area contributed by atoms with E-state index >= 15 is 0 Å². The molecule has 0 saturated carbocycles. The molecular weight excluding hydrogens is 292 g/mol. The predicted octanol–water partition coefficient (Wildman–Crippen LogP) is 2.21. The van der Waals surface area contributed by atoms with Gasteiger partial charge in [0, 0.05) is 39.0 Å². The van der Waals surface area contributed by atoms with Crippen molar-refractivity contribution < 1.29 is 9.47 Å². The molecule has 1 aromatic heterocycles. The van der Waals surface area contributed by atoms with Gasteiger partial charge in [0.2, 0.25) is 5.88 Å². The van der Waals surface area contributed by atoms with E-state index in [9.17, 15) is 0 Å². The van der Waals surface area contributed by atoms with E-state index in [-0.39, 0.29) is 6.10 Å². The van der Waals surface area contributed by atoms with Gasteiger partial charge in [-0.3, -0.25) is 4.99 Å². The summed E-state index contributed by atoms with van der Waals surface area (Å²) in [6.45, 7) is 8.64. The van der Waals surface area contributed by atoms with Crippen molar-refractivity contribution in [2.24, 2.45) is 10.9 Å². The number of hydrogen-bond donors (Lipinski definition) is 2. The molecule has 2 N–H and O–H groups in total. The van der Waals surface area contributed by atoms with Crippen LogP contribution >= 0.6 is 0 Å². The summed E-state index contributed by atoms with van der Waals surface area (Å²) in [7, 11) is 3.38. The van der Waals surface area contributed by atoms with E-state index < -0.39 is 0 Å².